The second kappa shape index (κ2) is 5.90. The van der Waals surface area contributed by atoms with Crippen molar-refractivity contribution in [2.24, 2.45) is 4.99 Å². The Morgan fingerprint density at radius 2 is 2.38 bits per heavy atom. The molecule has 0 radical (unpaired) electrons. The standard InChI is InChI=1S/C13H19N5O3/c1-17-6-2-3-10(17)15-12-14-8-18(13(20)16-12)11-5-4-9(7-19)21-11/h8-9,11,19H,2-7H2,1H3/b15-10-/t9-,11+/m0/s1. The Bertz CT molecular complexity index is 600. The van der Waals surface area contributed by atoms with Crippen LogP contribution in [0.3, 0.4) is 0 Å². The lowest BCUT2D eigenvalue weighted by molar-refractivity contribution is -0.0250. The molecule has 0 amide bonds. The molecule has 1 N–H and O–H groups in total. The largest absolute Gasteiger partial charge is 0.394 e. The predicted molar refractivity (Wildman–Crippen MR) is 75.5 cm³/mol. The second-order valence-electron chi connectivity index (χ2n) is 5.37. The predicted octanol–water partition coefficient (Wildman–Crippen LogP) is 0.0638. The highest BCUT2D eigenvalue weighted by atomic mass is 16.5. The number of amidine groups is 1. The van der Waals surface area contributed by atoms with Gasteiger partial charge in [0, 0.05) is 20.0 Å². The van der Waals surface area contributed by atoms with Crippen LogP contribution in [0.2, 0.25) is 0 Å². The lowest BCUT2D eigenvalue weighted by Gasteiger charge is -2.14. The first-order valence-corrected chi connectivity index (χ1v) is 7.17. The Kier molecular flexibility index (Phi) is 3.98. The van der Waals surface area contributed by atoms with Gasteiger partial charge in [0.05, 0.1) is 12.7 Å². The van der Waals surface area contributed by atoms with Gasteiger partial charge in [-0.2, -0.15) is 9.98 Å². The summed E-state index contributed by atoms with van der Waals surface area (Å²) in [6.45, 7) is 0.929. The van der Waals surface area contributed by atoms with Crippen LogP contribution in [-0.4, -0.2) is 56.7 Å². The van der Waals surface area contributed by atoms with E-state index < -0.39 is 11.9 Å². The van der Waals surface area contributed by atoms with Gasteiger partial charge in [0.15, 0.2) is 0 Å². The van der Waals surface area contributed by atoms with Crippen LogP contribution in [0.4, 0.5) is 5.95 Å². The minimum atomic E-state index is -0.423. The molecule has 2 atom stereocenters. The molecule has 2 saturated heterocycles. The third-order valence-corrected chi connectivity index (χ3v) is 3.88. The number of nitrogens with zero attached hydrogens (tertiary/aromatic N) is 5. The van der Waals surface area contributed by atoms with Crippen molar-refractivity contribution >= 4 is 11.8 Å². The van der Waals surface area contributed by atoms with Crippen LogP contribution in [0, 0.1) is 0 Å². The number of hydrogen-bond donors (Lipinski definition) is 1. The molecule has 0 spiro atoms. The molecule has 21 heavy (non-hydrogen) atoms. The molecule has 2 aliphatic heterocycles. The molecule has 2 fully saturated rings. The Balaban J connectivity index is 1.79. The molecule has 2 aliphatic rings. The summed E-state index contributed by atoms with van der Waals surface area (Å²) < 4.78 is 6.92. The average Bonchev–Trinajstić information content (AvgIpc) is 3.09. The second-order valence-corrected chi connectivity index (χ2v) is 5.37. The minimum absolute atomic E-state index is 0.0375. The van der Waals surface area contributed by atoms with Crippen LogP contribution in [0.15, 0.2) is 16.1 Å². The summed E-state index contributed by atoms with van der Waals surface area (Å²) in [7, 11) is 1.97. The zero-order chi connectivity index (χ0) is 14.8. The Hall–Kier alpha value is -1.80. The van der Waals surface area contributed by atoms with E-state index >= 15 is 0 Å². The van der Waals surface area contributed by atoms with Gasteiger partial charge in [0.2, 0.25) is 0 Å². The fourth-order valence-electron chi connectivity index (χ4n) is 2.66. The van der Waals surface area contributed by atoms with Gasteiger partial charge in [-0.1, -0.05) is 0 Å². The molecule has 3 rings (SSSR count). The Morgan fingerprint density at radius 1 is 1.52 bits per heavy atom. The molecular weight excluding hydrogens is 274 g/mol. The van der Waals surface area contributed by atoms with Crippen molar-refractivity contribution in [2.75, 3.05) is 20.2 Å². The monoisotopic (exact) mass is 293 g/mol. The number of aliphatic hydroxyl groups is 1. The normalized spacial score (nSPS) is 27.7. The first-order valence-electron chi connectivity index (χ1n) is 7.17. The van der Waals surface area contributed by atoms with Crippen molar-refractivity contribution in [1.29, 1.82) is 0 Å². The molecule has 114 valence electrons. The summed E-state index contributed by atoms with van der Waals surface area (Å²) >= 11 is 0. The summed E-state index contributed by atoms with van der Waals surface area (Å²) in [5.41, 5.74) is -0.423. The van der Waals surface area contributed by atoms with Crippen LogP contribution in [0.25, 0.3) is 0 Å². The summed E-state index contributed by atoms with van der Waals surface area (Å²) in [4.78, 5) is 26.5. The Labute approximate surface area is 122 Å². The third kappa shape index (κ3) is 2.96. The molecular formula is C13H19N5O3. The number of rotatable bonds is 3. The van der Waals surface area contributed by atoms with Crippen LogP contribution >= 0.6 is 0 Å². The summed E-state index contributed by atoms with van der Waals surface area (Å²) in [6, 6.07) is 0. The highest BCUT2D eigenvalue weighted by Gasteiger charge is 2.27. The van der Waals surface area contributed by atoms with Crippen molar-refractivity contribution in [1.82, 2.24) is 19.4 Å². The highest BCUT2D eigenvalue weighted by molar-refractivity contribution is 5.85. The van der Waals surface area contributed by atoms with E-state index in [1.807, 2.05) is 11.9 Å². The van der Waals surface area contributed by atoms with Gasteiger partial charge in [-0.3, -0.25) is 4.57 Å². The molecule has 0 saturated carbocycles. The van der Waals surface area contributed by atoms with Gasteiger partial charge in [0.25, 0.3) is 5.95 Å². The quantitative estimate of drug-likeness (QED) is 0.847. The number of ether oxygens (including phenoxy) is 1. The van der Waals surface area contributed by atoms with E-state index in [2.05, 4.69) is 15.0 Å². The van der Waals surface area contributed by atoms with Gasteiger partial charge >= 0.3 is 5.69 Å². The molecule has 0 aromatic carbocycles. The number of aromatic nitrogens is 3. The molecule has 1 aromatic heterocycles. The van der Waals surface area contributed by atoms with E-state index in [0.29, 0.717) is 6.42 Å². The SMILES string of the molecule is CN1CCC/C1=N/c1ncn([C@H]2CC[C@@H](CO)O2)c(=O)n1. The van der Waals surface area contributed by atoms with E-state index in [0.717, 1.165) is 31.6 Å². The van der Waals surface area contributed by atoms with Crippen LogP contribution in [0.1, 0.15) is 31.9 Å². The van der Waals surface area contributed by atoms with E-state index in [1.54, 1.807) is 0 Å². The van der Waals surface area contributed by atoms with Gasteiger partial charge in [-0.05, 0) is 19.3 Å². The van der Waals surface area contributed by atoms with Crippen LogP contribution in [-0.2, 0) is 4.74 Å². The van der Waals surface area contributed by atoms with E-state index in [4.69, 9.17) is 9.84 Å². The summed E-state index contributed by atoms with van der Waals surface area (Å²) in [6.07, 6.45) is 4.15. The maximum atomic E-state index is 12.1. The van der Waals surface area contributed by atoms with Crippen molar-refractivity contribution in [2.45, 2.75) is 38.0 Å². The minimum Gasteiger partial charge on any atom is -0.394 e. The fourth-order valence-corrected chi connectivity index (χ4v) is 2.66. The van der Waals surface area contributed by atoms with Crippen molar-refractivity contribution in [3.63, 3.8) is 0 Å². The van der Waals surface area contributed by atoms with Crippen molar-refractivity contribution in [3.8, 4) is 0 Å². The third-order valence-electron chi connectivity index (χ3n) is 3.88. The molecule has 0 bridgehead atoms. The Morgan fingerprint density at radius 3 is 3.00 bits per heavy atom. The van der Waals surface area contributed by atoms with Gasteiger partial charge in [0.1, 0.15) is 18.4 Å². The van der Waals surface area contributed by atoms with E-state index in [9.17, 15) is 4.79 Å². The van der Waals surface area contributed by atoms with Gasteiger partial charge < -0.3 is 14.7 Å². The maximum Gasteiger partial charge on any atom is 0.354 e. The van der Waals surface area contributed by atoms with Crippen LogP contribution < -0.4 is 5.69 Å². The van der Waals surface area contributed by atoms with Gasteiger partial charge in [-0.25, -0.2) is 9.78 Å². The highest BCUT2D eigenvalue weighted by Crippen LogP contribution is 2.26. The molecule has 8 nitrogen and oxygen atoms in total. The van der Waals surface area contributed by atoms with Crippen molar-refractivity contribution < 1.29 is 9.84 Å². The van der Waals surface area contributed by atoms with Crippen LogP contribution in [0.5, 0.6) is 0 Å². The molecule has 0 unspecified atom stereocenters. The zero-order valence-corrected chi connectivity index (χ0v) is 12.0. The first kappa shape index (κ1) is 14.2. The van der Waals surface area contributed by atoms with E-state index in [1.165, 1.54) is 10.9 Å². The smallest absolute Gasteiger partial charge is 0.354 e. The summed E-state index contributed by atoms with van der Waals surface area (Å²) in [5.74, 6) is 1.10. The number of hydrogen-bond acceptors (Lipinski definition) is 6. The average molecular weight is 293 g/mol. The molecule has 8 heteroatoms. The summed E-state index contributed by atoms with van der Waals surface area (Å²) in [5, 5.41) is 9.06. The number of aliphatic imine (C=N–C) groups is 1. The maximum absolute atomic E-state index is 12.1. The number of aliphatic hydroxyl groups excluding tert-OH is 1. The van der Waals surface area contributed by atoms with Gasteiger partial charge in [-0.15, -0.1) is 0 Å². The molecule has 0 aliphatic carbocycles. The topological polar surface area (TPSA) is 92.8 Å². The van der Waals surface area contributed by atoms with Crippen molar-refractivity contribution in [3.05, 3.63) is 16.8 Å². The lowest BCUT2D eigenvalue weighted by atomic mass is 10.2. The number of likely N-dealkylation sites (tertiary alicyclic amines) is 1. The van der Waals surface area contributed by atoms with E-state index in [-0.39, 0.29) is 18.7 Å². The fraction of sp³-hybridized carbons (Fsp3) is 0.692. The first-order chi connectivity index (χ1) is 10.2. The molecule has 1 aromatic rings. The zero-order valence-electron chi connectivity index (χ0n) is 12.0. The lowest BCUT2D eigenvalue weighted by Crippen LogP contribution is -2.28. The molecule has 3 heterocycles.